The van der Waals surface area contributed by atoms with Crippen molar-refractivity contribution in [2.75, 3.05) is 43.9 Å². The Kier molecular flexibility index (Phi) is 5.41. The van der Waals surface area contributed by atoms with E-state index in [4.69, 9.17) is 5.73 Å². The lowest BCUT2D eigenvalue weighted by molar-refractivity contribution is 0.0997. The van der Waals surface area contributed by atoms with Crippen molar-refractivity contribution >= 4 is 27.9 Å². The number of nitrogens with two attached hydrogens (primary N) is 1. The molecule has 1 fully saturated rings. The van der Waals surface area contributed by atoms with E-state index in [0.29, 0.717) is 10.6 Å². The summed E-state index contributed by atoms with van der Waals surface area (Å²) in [5.74, 6) is 0.0646. The normalized spacial score (nSPS) is 15.0. The van der Waals surface area contributed by atoms with Crippen LogP contribution in [0.2, 0.25) is 0 Å². The summed E-state index contributed by atoms with van der Waals surface area (Å²) < 4.78 is 0. The molecule has 5 nitrogen and oxygen atoms in total. The van der Waals surface area contributed by atoms with Gasteiger partial charge in [-0.1, -0.05) is 47.7 Å². The highest BCUT2D eigenvalue weighted by molar-refractivity contribution is 7.17. The Morgan fingerprint density at radius 2 is 1.82 bits per heavy atom. The second kappa shape index (κ2) is 8.12. The number of nitrogens with zero attached hydrogens (tertiary/aromatic N) is 3. The zero-order valence-corrected chi connectivity index (χ0v) is 16.8. The fraction of sp³-hybridized carbons (Fsp3) is 0.273. The van der Waals surface area contributed by atoms with E-state index in [0.717, 1.165) is 48.0 Å². The van der Waals surface area contributed by atoms with Crippen LogP contribution in [0.1, 0.15) is 15.2 Å². The summed E-state index contributed by atoms with van der Waals surface area (Å²) in [6.45, 7) is 3.94. The van der Waals surface area contributed by atoms with Gasteiger partial charge >= 0.3 is 0 Å². The molecule has 144 valence electrons. The van der Waals surface area contributed by atoms with Gasteiger partial charge in [-0.2, -0.15) is 0 Å². The Balaban J connectivity index is 1.50. The van der Waals surface area contributed by atoms with Crippen LogP contribution in [0.15, 0.2) is 54.7 Å². The SMILES string of the molecule is CN1CCN(c2ncc(C(=O)Cc3cc(-c4ccccc4)ccc3N)s2)CC1. The Labute approximate surface area is 169 Å². The first-order valence-electron chi connectivity index (χ1n) is 9.46. The molecule has 0 aliphatic carbocycles. The molecule has 4 rings (SSSR count). The largest absolute Gasteiger partial charge is 0.398 e. The maximum Gasteiger partial charge on any atom is 0.186 e. The monoisotopic (exact) mass is 392 g/mol. The average molecular weight is 393 g/mol. The maximum atomic E-state index is 12.9. The standard InChI is InChI=1S/C22H24N4OS/c1-25-9-11-26(12-10-25)22-24-15-21(28-22)20(27)14-18-13-17(7-8-19(18)23)16-5-3-2-4-6-16/h2-8,13,15H,9-12,14,23H2,1H3. The summed E-state index contributed by atoms with van der Waals surface area (Å²) in [6.07, 6.45) is 1.99. The van der Waals surface area contributed by atoms with Gasteiger partial charge in [-0.05, 0) is 35.9 Å². The maximum absolute atomic E-state index is 12.9. The van der Waals surface area contributed by atoms with Gasteiger partial charge in [0, 0.05) is 38.3 Å². The zero-order valence-electron chi connectivity index (χ0n) is 16.0. The highest BCUT2D eigenvalue weighted by Gasteiger charge is 2.19. The number of Topliss-reactive ketones (excluding diaryl/α,β-unsaturated/α-hetero) is 1. The number of aromatic nitrogens is 1. The second-order valence-electron chi connectivity index (χ2n) is 7.18. The molecule has 1 saturated heterocycles. The highest BCUT2D eigenvalue weighted by Crippen LogP contribution is 2.27. The van der Waals surface area contributed by atoms with Gasteiger partial charge in [0.2, 0.25) is 0 Å². The van der Waals surface area contributed by atoms with Gasteiger partial charge in [0.1, 0.15) is 0 Å². The quantitative estimate of drug-likeness (QED) is 0.531. The number of carbonyl (C=O) groups excluding carboxylic acids is 1. The predicted molar refractivity (Wildman–Crippen MR) is 116 cm³/mol. The van der Waals surface area contributed by atoms with Gasteiger partial charge < -0.3 is 15.5 Å². The first-order chi connectivity index (χ1) is 13.6. The van der Waals surface area contributed by atoms with Crippen molar-refractivity contribution in [3.05, 3.63) is 65.2 Å². The van der Waals surface area contributed by atoms with Crippen LogP contribution in [0.3, 0.4) is 0 Å². The van der Waals surface area contributed by atoms with E-state index in [1.165, 1.54) is 11.3 Å². The molecule has 0 radical (unpaired) electrons. The van der Waals surface area contributed by atoms with E-state index in [1.807, 2.05) is 36.4 Å². The first kappa shape index (κ1) is 18.7. The first-order valence-corrected chi connectivity index (χ1v) is 10.3. The molecule has 2 heterocycles. The van der Waals surface area contributed by atoms with Gasteiger partial charge in [0.05, 0.1) is 11.1 Å². The lowest BCUT2D eigenvalue weighted by Crippen LogP contribution is -2.44. The van der Waals surface area contributed by atoms with Gasteiger partial charge in [-0.15, -0.1) is 0 Å². The Bertz CT molecular complexity index is 962. The van der Waals surface area contributed by atoms with E-state index in [1.54, 1.807) is 6.20 Å². The fourth-order valence-corrected chi connectivity index (χ4v) is 4.27. The van der Waals surface area contributed by atoms with Crippen LogP contribution >= 0.6 is 11.3 Å². The molecule has 0 amide bonds. The summed E-state index contributed by atoms with van der Waals surface area (Å²) in [4.78, 5) is 22.6. The molecule has 2 N–H and O–H groups in total. The van der Waals surface area contributed by atoms with Crippen molar-refractivity contribution in [3.63, 3.8) is 0 Å². The van der Waals surface area contributed by atoms with E-state index >= 15 is 0 Å². The van der Waals surface area contributed by atoms with Crippen molar-refractivity contribution in [2.45, 2.75) is 6.42 Å². The zero-order chi connectivity index (χ0) is 19.5. The number of likely N-dealkylation sites (N-methyl/N-ethyl adjacent to an activating group) is 1. The summed E-state index contributed by atoms with van der Waals surface area (Å²) in [5.41, 5.74) is 9.85. The number of ketones is 1. The third-order valence-corrected chi connectivity index (χ3v) is 6.24. The molecule has 1 aliphatic heterocycles. The van der Waals surface area contributed by atoms with Gasteiger partial charge in [-0.3, -0.25) is 4.79 Å². The summed E-state index contributed by atoms with van der Waals surface area (Å²) >= 11 is 1.48. The number of hydrogen-bond acceptors (Lipinski definition) is 6. The number of thiazole rings is 1. The van der Waals surface area contributed by atoms with Crippen LogP contribution in [-0.2, 0) is 6.42 Å². The molecule has 1 aromatic heterocycles. The van der Waals surface area contributed by atoms with Gasteiger partial charge in [-0.25, -0.2) is 4.98 Å². The number of benzene rings is 2. The van der Waals surface area contributed by atoms with Crippen LogP contribution in [-0.4, -0.2) is 48.9 Å². The molecular formula is C22H24N4OS. The number of hydrogen-bond donors (Lipinski definition) is 1. The number of nitrogen functional groups attached to an aromatic ring is 1. The minimum absolute atomic E-state index is 0.0646. The third kappa shape index (κ3) is 4.08. The molecule has 0 atom stereocenters. The van der Waals surface area contributed by atoms with E-state index in [9.17, 15) is 4.79 Å². The summed E-state index contributed by atoms with van der Waals surface area (Å²) in [7, 11) is 2.13. The number of rotatable bonds is 5. The van der Waals surface area contributed by atoms with Crippen LogP contribution in [0.5, 0.6) is 0 Å². The van der Waals surface area contributed by atoms with E-state index < -0.39 is 0 Å². The molecule has 1 aliphatic rings. The Morgan fingerprint density at radius 3 is 2.57 bits per heavy atom. The Morgan fingerprint density at radius 1 is 1.07 bits per heavy atom. The average Bonchev–Trinajstić information content (AvgIpc) is 3.21. The van der Waals surface area contributed by atoms with Crippen LogP contribution < -0.4 is 10.6 Å². The molecular weight excluding hydrogens is 368 g/mol. The van der Waals surface area contributed by atoms with Crippen molar-refractivity contribution in [1.29, 1.82) is 0 Å². The lowest BCUT2D eigenvalue weighted by Gasteiger charge is -2.32. The van der Waals surface area contributed by atoms with Gasteiger partial charge in [0.15, 0.2) is 10.9 Å². The van der Waals surface area contributed by atoms with Crippen LogP contribution in [0, 0.1) is 0 Å². The predicted octanol–water partition coefficient (Wildman–Crippen LogP) is 3.57. The molecule has 28 heavy (non-hydrogen) atoms. The number of anilines is 2. The molecule has 3 aromatic rings. The molecule has 0 unspecified atom stereocenters. The van der Waals surface area contributed by atoms with Gasteiger partial charge in [0.25, 0.3) is 0 Å². The van der Waals surface area contributed by atoms with Crippen molar-refractivity contribution in [3.8, 4) is 11.1 Å². The minimum Gasteiger partial charge on any atom is -0.398 e. The molecule has 0 spiro atoms. The molecule has 0 saturated carbocycles. The number of piperazine rings is 1. The Hall–Kier alpha value is -2.70. The molecule has 2 aromatic carbocycles. The second-order valence-corrected chi connectivity index (χ2v) is 8.19. The summed E-state index contributed by atoms with van der Waals surface area (Å²) in [5, 5.41) is 0.933. The van der Waals surface area contributed by atoms with Crippen molar-refractivity contribution in [2.24, 2.45) is 0 Å². The van der Waals surface area contributed by atoms with E-state index in [2.05, 4.69) is 34.0 Å². The lowest BCUT2D eigenvalue weighted by atomic mass is 9.99. The third-order valence-electron chi connectivity index (χ3n) is 5.14. The fourth-order valence-electron chi connectivity index (χ4n) is 3.37. The van der Waals surface area contributed by atoms with Crippen LogP contribution in [0.4, 0.5) is 10.8 Å². The topological polar surface area (TPSA) is 62.5 Å². The van der Waals surface area contributed by atoms with E-state index in [-0.39, 0.29) is 12.2 Å². The molecule has 0 bridgehead atoms. The minimum atomic E-state index is 0.0646. The van der Waals surface area contributed by atoms with Crippen molar-refractivity contribution in [1.82, 2.24) is 9.88 Å². The molecule has 6 heteroatoms. The smallest absolute Gasteiger partial charge is 0.186 e. The highest BCUT2D eigenvalue weighted by atomic mass is 32.1. The summed E-state index contributed by atoms with van der Waals surface area (Å²) in [6, 6.07) is 16.0. The van der Waals surface area contributed by atoms with Crippen LogP contribution in [0.25, 0.3) is 11.1 Å². The number of carbonyl (C=O) groups is 1. The van der Waals surface area contributed by atoms with Crippen molar-refractivity contribution < 1.29 is 4.79 Å².